The molecule has 3 amide bonds. The molecule has 0 atom stereocenters. The first-order valence-corrected chi connectivity index (χ1v) is 10.4. The van der Waals surface area contributed by atoms with Crippen LogP contribution in [0.25, 0.3) is 0 Å². The summed E-state index contributed by atoms with van der Waals surface area (Å²) in [6.07, 6.45) is 1.34. The first-order chi connectivity index (χ1) is 16.4. The van der Waals surface area contributed by atoms with Crippen LogP contribution in [0.5, 0.6) is 11.5 Å². The van der Waals surface area contributed by atoms with E-state index < -0.39 is 11.8 Å². The predicted octanol–water partition coefficient (Wildman–Crippen LogP) is 3.45. The average Bonchev–Trinajstić information content (AvgIpc) is 2.84. The van der Waals surface area contributed by atoms with Crippen molar-refractivity contribution in [3.8, 4) is 11.5 Å². The minimum absolute atomic E-state index is 0.204. The molecule has 0 unspecified atom stereocenters. The maximum Gasteiger partial charge on any atom is 0.329 e. The van der Waals surface area contributed by atoms with E-state index in [9.17, 15) is 14.4 Å². The predicted molar refractivity (Wildman–Crippen MR) is 129 cm³/mol. The fourth-order valence-electron chi connectivity index (χ4n) is 2.67. The lowest BCUT2D eigenvalue weighted by Crippen LogP contribution is -2.32. The Kier molecular flexibility index (Phi) is 8.59. The van der Waals surface area contributed by atoms with Gasteiger partial charge in [0.15, 0.2) is 6.61 Å². The molecule has 0 saturated carbocycles. The number of rotatable bonds is 8. The van der Waals surface area contributed by atoms with Gasteiger partial charge in [-0.1, -0.05) is 29.8 Å². The summed E-state index contributed by atoms with van der Waals surface area (Å²) in [5.41, 5.74) is 3.75. The highest BCUT2D eigenvalue weighted by molar-refractivity contribution is 6.39. The summed E-state index contributed by atoms with van der Waals surface area (Å²) in [5.74, 6) is -1.19. The zero-order valence-corrected chi connectivity index (χ0v) is 18.8. The Morgan fingerprint density at radius 1 is 0.882 bits per heavy atom. The number of nitrogens with zero attached hydrogens (tertiary/aromatic N) is 1. The Hall–Kier alpha value is -4.37. The van der Waals surface area contributed by atoms with Gasteiger partial charge in [-0.2, -0.15) is 5.10 Å². The normalized spacial score (nSPS) is 10.4. The Labute approximate surface area is 200 Å². The van der Waals surface area contributed by atoms with E-state index in [-0.39, 0.29) is 12.5 Å². The van der Waals surface area contributed by atoms with Crippen LogP contribution >= 0.6 is 11.6 Å². The van der Waals surface area contributed by atoms with Gasteiger partial charge in [-0.05, 0) is 54.1 Å². The third kappa shape index (κ3) is 7.64. The number of nitrogens with one attached hydrogen (secondary N) is 3. The van der Waals surface area contributed by atoms with Crippen molar-refractivity contribution in [1.82, 2.24) is 5.43 Å². The van der Waals surface area contributed by atoms with Crippen molar-refractivity contribution in [2.24, 2.45) is 5.10 Å². The summed E-state index contributed by atoms with van der Waals surface area (Å²) in [6, 6.07) is 20.0. The second kappa shape index (κ2) is 12.0. The summed E-state index contributed by atoms with van der Waals surface area (Å²) in [5, 5.41) is 9.50. The maximum absolute atomic E-state index is 12.0. The average molecular weight is 481 g/mol. The Balaban J connectivity index is 1.47. The fraction of sp³-hybridized carbons (Fsp3) is 0.0833. The lowest BCUT2D eigenvalue weighted by Gasteiger charge is -2.08. The SMILES string of the molecule is COc1cccc(NC(=O)C(=O)N/N=C\c2cccc(OCC(=O)Nc3ccc(Cl)cc3)c2)c1. The molecule has 0 saturated heterocycles. The molecule has 0 aliphatic heterocycles. The molecule has 0 aliphatic rings. The molecule has 3 rings (SSSR count). The van der Waals surface area contributed by atoms with Gasteiger partial charge in [-0.15, -0.1) is 0 Å². The van der Waals surface area contributed by atoms with Crippen LogP contribution in [0.2, 0.25) is 5.02 Å². The highest BCUT2D eigenvalue weighted by atomic mass is 35.5. The number of ether oxygens (including phenoxy) is 2. The second-order valence-electron chi connectivity index (χ2n) is 6.80. The van der Waals surface area contributed by atoms with E-state index in [2.05, 4.69) is 21.2 Å². The second-order valence-corrected chi connectivity index (χ2v) is 7.24. The van der Waals surface area contributed by atoms with Gasteiger partial charge in [-0.25, -0.2) is 5.43 Å². The molecule has 9 nitrogen and oxygen atoms in total. The van der Waals surface area contributed by atoms with Gasteiger partial charge in [0, 0.05) is 22.5 Å². The van der Waals surface area contributed by atoms with Crippen LogP contribution in [-0.2, 0) is 14.4 Å². The molecule has 0 radical (unpaired) electrons. The topological polar surface area (TPSA) is 118 Å². The number of methoxy groups -OCH3 is 1. The van der Waals surface area contributed by atoms with Crippen molar-refractivity contribution in [1.29, 1.82) is 0 Å². The van der Waals surface area contributed by atoms with E-state index in [1.54, 1.807) is 72.8 Å². The first kappa shape index (κ1) is 24.3. The minimum Gasteiger partial charge on any atom is -0.497 e. The minimum atomic E-state index is -0.939. The quantitative estimate of drug-likeness (QED) is 0.259. The van der Waals surface area contributed by atoms with E-state index in [1.165, 1.54) is 13.3 Å². The van der Waals surface area contributed by atoms with Crippen LogP contribution < -0.4 is 25.5 Å². The van der Waals surface area contributed by atoms with E-state index in [1.807, 2.05) is 0 Å². The van der Waals surface area contributed by atoms with Gasteiger partial charge < -0.3 is 20.1 Å². The number of hydrogen-bond donors (Lipinski definition) is 3. The number of hydrazone groups is 1. The number of hydrogen-bond acceptors (Lipinski definition) is 6. The van der Waals surface area contributed by atoms with E-state index in [0.29, 0.717) is 33.5 Å². The largest absolute Gasteiger partial charge is 0.497 e. The number of halogens is 1. The number of amides is 3. The van der Waals surface area contributed by atoms with Gasteiger partial charge in [0.1, 0.15) is 11.5 Å². The molecule has 174 valence electrons. The summed E-state index contributed by atoms with van der Waals surface area (Å²) < 4.78 is 10.6. The van der Waals surface area contributed by atoms with E-state index in [4.69, 9.17) is 21.1 Å². The van der Waals surface area contributed by atoms with E-state index in [0.717, 1.165) is 0 Å². The molecule has 0 spiro atoms. The lowest BCUT2D eigenvalue weighted by molar-refractivity contribution is -0.136. The van der Waals surface area contributed by atoms with Crippen molar-refractivity contribution in [3.05, 3.63) is 83.4 Å². The molecule has 10 heteroatoms. The van der Waals surface area contributed by atoms with Crippen molar-refractivity contribution < 1.29 is 23.9 Å². The van der Waals surface area contributed by atoms with E-state index >= 15 is 0 Å². The van der Waals surface area contributed by atoms with Crippen molar-refractivity contribution in [2.75, 3.05) is 24.4 Å². The third-order valence-electron chi connectivity index (χ3n) is 4.27. The van der Waals surface area contributed by atoms with Crippen LogP contribution in [0.3, 0.4) is 0 Å². The van der Waals surface area contributed by atoms with Crippen LogP contribution in [-0.4, -0.2) is 37.7 Å². The molecule has 0 fully saturated rings. The van der Waals surface area contributed by atoms with Crippen LogP contribution in [0.15, 0.2) is 77.9 Å². The molecule has 0 bridgehead atoms. The fourth-order valence-corrected chi connectivity index (χ4v) is 2.79. The number of carbonyl (C=O) groups is 3. The molecule has 0 aliphatic carbocycles. The van der Waals surface area contributed by atoms with Crippen LogP contribution in [0, 0.1) is 0 Å². The van der Waals surface area contributed by atoms with Crippen molar-refractivity contribution >= 4 is 46.9 Å². The summed E-state index contributed by atoms with van der Waals surface area (Å²) in [7, 11) is 1.50. The molecule has 34 heavy (non-hydrogen) atoms. The number of carbonyl (C=O) groups excluding carboxylic acids is 3. The molecule has 3 N–H and O–H groups in total. The zero-order chi connectivity index (χ0) is 24.3. The molecular formula is C24H21ClN4O5. The summed E-state index contributed by atoms with van der Waals surface area (Å²) in [4.78, 5) is 36.0. The van der Waals surface area contributed by atoms with Gasteiger partial charge in [0.05, 0.1) is 13.3 Å². The van der Waals surface area contributed by atoms with Gasteiger partial charge in [0.25, 0.3) is 5.91 Å². The van der Waals surface area contributed by atoms with Crippen LogP contribution in [0.4, 0.5) is 11.4 Å². The molecule has 3 aromatic rings. The van der Waals surface area contributed by atoms with Gasteiger partial charge in [0.2, 0.25) is 0 Å². The first-order valence-electron chi connectivity index (χ1n) is 9.99. The highest BCUT2D eigenvalue weighted by Crippen LogP contribution is 2.17. The Morgan fingerprint density at radius 2 is 1.62 bits per heavy atom. The maximum atomic E-state index is 12.0. The van der Waals surface area contributed by atoms with Crippen molar-refractivity contribution in [3.63, 3.8) is 0 Å². The summed E-state index contributed by atoms with van der Waals surface area (Å²) >= 11 is 5.82. The number of anilines is 2. The number of benzene rings is 3. The van der Waals surface area contributed by atoms with Crippen LogP contribution in [0.1, 0.15) is 5.56 Å². The zero-order valence-electron chi connectivity index (χ0n) is 18.1. The molecule has 0 aromatic heterocycles. The Morgan fingerprint density at radius 3 is 2.38 bits per heavy atom. The smallest absolute Gasteiger partial charge is 0.329 e. The highest BCUT2D eigenvalue weighted by Gasteiger charge is 2.13. The Bertz CT molecular complexity index is 1200. The molecule has 3 aromatic carbocycles. The standard InChI is InChI=1S/C24H21ClN4O5/c1-33-20-6-3-5-19(13-20)28-23(31)24(32)29-26-14-16-4-2-7-21(12-16)34-15-22(30)27-18-10-8-17(25)9-11-18/h2-14H,15H2,1H3,(H,27,30)(H,28,31)(H,29,32)/b26-14-. The lowest BCUT2D eigenvalue weighted by atomic mass is 10.2. The van der Waals surface area contributed by atoms with Crippen molar-refractivity contribution in [2.45, 2.75) is 0 Å². The molecular weight excluding hydrogens is 460 g/mol. The monoisotopic (exact) mass is 480 g/mol. The molecule has 0 heterocycles. The van der Waals surface area contributed by atoms with Gasteiger partial charge >= 0.3 is 11.8 Å². The summed E-state index contributed by atoms with van der Waals surface area (Å²) in [6.45, 7) is -0.204. The van der Waals surface area contributed by atoms with Gasteiger partial charge in [-0.3, -0.25) is 14.4 Å². The third-order valence-corrected chi connectivity index (χ3v) is 4.52.